The molecule has 5 rings (SSSR count). The Labute approximate surface area is 194 Å². The Morgan fingerprint density at radius 3 is 2.41 bits per heavy atom. The summed E-state index contributed by atoms with van der Waals surface area (Å²) in [5.74, 6) is -0.601. The molecule has 178 valence electrons. The zero-order chi connectivity index (χ0) is 23.7. The Balaban J connectivity index is 1.38. The van der Waals surface area contributed by atoms with Crippen LogP contribution >= 0.6 is 0 Å². The van der Waals surface area contributed by atoms with E-state index >= 15 is 0 Å². The number of pyridine rings is 1. The Hall–Kier alpha value is -3.96. The number of amides is 2. The molecular weight excluding hydrogens is 443 g/mol. The number of hydrogen-bond donors (Lipinski definition) is 5. The van der Waals surface area contributed by atoms with Crippen molar-refractivity contribution in [2.45, 2.75) is 56.7 Å². The minimum Gasteiger partial charge on any atom is -0.465 e. The van der Waals surface area contributed by atoms with E-state index in [-0.39, 0.29) is 23.5 Å². The molecule has 2 aliphatic rings. The van der Waals surface area contributed by atoms with E-state index in [0.29, 0.717) is 17.5 Å². The summed E-state index contributed by atoms with van der Waals surface area (Å²) in [6.45, 7) is 0. The number of imidazole rings is 1. The number of carboxylic acid groups (broad SMARTS) is 1. The van der Waals surface area contributed by atoms with Crippen LogP contribution in [0.4, 0.5) is 26.4 Å². The number of rotatable bonds is 7. The van der Waals surface area contributed by atoms with Gasteiger partial charge in [0.25, 0.3) is 5.91 Å². The molecule has 5 N–H and O–H groups in total. The number of hydrogen-bond acceptors (Lipinski definition) is 7. The molecular formula is C22H25FN8O3. The van der Waals surface area contributed by atoms with Crippen molar-refractivity contribution in [3.8, 4) is 0 Å². The SMILES string of the molecule is O=C(O)NC1CCC(Nc2cc(NC3CC3)c3ncc(C(=O)Nc4ccncc4F)n3n2)CC1. The number of nitrogens with one attached hydrogen (secondary N) is 4. The normalized spacial score (nSPS) is 20.0. The third kappa shape index (κ3) is 4.85. The van der Waals surface area contributed by atoms with Gasteiger partial charge in [0, 0.05) is 30.4 Å². The highest BCUT2D eigenvalue weighted by molar-refractivity contribution is 6.03. The zero-order valence-electron chi connectivity index (χ0n) is 18.3. The van der Waals surface area contributed by atoms with Gasteiger partial charge in [0.2, 0.25) is 0 Å². The van der Waals surface area contributed by atoms with Crippen LogP contribution in [-0.2, 0) is 0 Å². The first-order valence-corrected chi connectivity index (χ1v) is 11.3. The summed E-state index contributed by atoms with van der Waals surface area (Å²) < 4.78 is 15.4. The average molecular weight is 468 g/mol. The zero-order valence-corrected chi connectivity index (χ0v) is 18.3. The lowest BCUT2D eigenvalue weighted by Gasteiger charge is -2.29. The Kier molecular flexibility index (Phi) is 5.86. The minimum absolute atomic E-state index is 0.0206. The van der Waals surface area contributed by atoms with Gasteiger partial charge in [-0.25, -0.2) is 18.7 Å². The summed E-state index contributed by atoms with van der Waals surface area (Å²) in [5, 5.41) is 25.5. The van der Waals surface area contributed by atoms with Crippen LogP contribution in [-0.4, -0.2) is 54.8 Å². The summed E-state index contributed by atoms with van der Waals surface area (Å²) in [6, 6.07) is 3.70. The third-order valence-electron chi connectivity index (χ3n) is 6.06. The molecule has 34 heavy (non-hydrogen) atoms. The molecule has 2 amide bonds. The molecule has 0 spiro atoms. The van der Waals surface area contributed by atoms with Crippen molar-refractivity contribution in [1.29, 1.82) is 0 Å². The van der Waals surface area contributed by atoms with Gasteiger partial charge in [-0.3, -0.25) is 9.78 Å². The van der Waals surface area contributed by atoms with Crippen LogP contribution in [0.2, 0.25) is 0 Å². The molecule has 11 nitrogen and oxygen atoms in total. The Morgan fingerprint density at radius 1 is 1.00 bits per heavy atom. The molecule has 3 heterocycles. The van der Waals surface area contributed by atoms with Crippen LogP contribution in [0.5, 0.6) is 0 Å². The van der Waals surface area contributed by atoms with Gasteiger partial charge in [0.15, 0.2) is 17.2 Å². The van der Waals surface area contributed by atoms with Crippen molar-refractivity contribution in [2.24, 2.45) is 0 Å². The van der Waals surface area contributed by atoms with Gasteiger partial charge in [-0.15, -0.1) is 5.10 Å². The Bertz CT molecular complexity index is 1220. The lowest BCUT2D eigenvalue weighted by Crippen LogP contribution is -2.39. The molecule has 3 aromatic heterocycles. The predicted octanol–water partition coefficient (Wildman–Crippen LogP) is 3.08. The number of fused-ring (bicyclic) bond motifs is 1. The van der Waals surface area contributed by atoms with Crippen molar-refractivity contribution in [1.82, 2.24) is 24.9 Å². The van der Waals surface area contributed by atoms with Gasteiger partial charge in [-0.2, -0.15) is 0 Å². The number of carbonyl (C=O) groups excluding carboxylic acids is 1. The smallest absolute Gasteiger partial charge is 0.404 e. The molecule has 0 aromatic carbocycles. The fourth-order valence-corrected chi connectivity index (χ4v) is 4.18. The molecule has 2 fully saturated rings. The molecule has 0 atom stereocenters. The van der Waals surface area contributed by atoms with Gasteiger partial charge >= 0.3 is 6.09 Å². The van der Waals surface area contributed by atoms with E-state index in [2.05, 4.69) is 36.3 Å². The van der Waals surface area contributed by atoms with Crippen molar-refractivity contribution < 1.29 is 19.1 Å². The number of carbonyl (C=O) groups is 2. The number of aromatic nitrogens is 4. The van der Waals surface area contributed by atoms with Crippen molar-refractivity contribution >= 4 is 34.8 Å². The second-order valence-electron chi connectivity index (χ2n) is 8.69. The van der Waals surface area contributed by atoms with E-state index in [0.717, 1.165) is 50.4 Å². The maximum atomic E-state index is 14.0. The number of anilines is 3. The van der Waals surface area contributed by atoms with Gasteiger partial charge in [0.1, 0.15) is 5.82 Å². The van der Waals surface area contributed by atoms with Gasteiger partial charge in [-0.05, 0) is 44.6 Å². The van der Waals surface area contributed by atoms with Crippen LogP contribution < -0.4 is 21.3 Å². The Morgan fingerprint density at radius 2 is 1.71 bits per heavy atom. The fourth-order valence-electron chi connectivity index (χ4n) is 4.18. The quantitative estimate of drug-likeness (QED) is 0.356. The topological polar surface area (TPSA) is 146 Å². The van der Waals surface area contributed by atoms with Gasteiger partial charge < -0.3 is 26.4 Å². The summed E-state index contributed by atoms with van der Waals surface area (Å²) >= 11 is 0. The van der Waals surface area contributed by atoms with Crippen LogP contribution in [0, 0.1) is 5.82 Å². The molecule has 0 radical (unpaired) electrons. The lowest BCUT2D eigenvalue weighted by atomic mass is 9.91. The largest absolute Gasteiger partial charge is 0.465 e. The molecule has 0 aliphatic heterocycles. The minimum atomic E-state index is -1.00. The lowest BCUT2D eigenvalue weighted by molar-refractivity contribution is 0.101. The average Bonchev–Trinajstić information content (AvgIpc) is 3.51. The monoisotopic (exact) mass is 468 g/mol. The summed E-state index contributed by atoms with van der Waals surface area (Å²) in [4.78, 5) is 31.9. The van der Waals surface area contributed by atoms with Crippen molar-refractivity contribution in [2.75, 3.05) is 16.0 Å². The molecule has 12 heteroatoms. The van der Waals surface area contributed by atoms with Crippen molar-refractivity contribution in [3.05, 3.63) is 42.2 Å². The molecule has 3 aromatic rings. The molecule has 0 bridgehead atoms. The first-order chi connectivity index (χ1) is 16.5. The van der Waals surface area contributed by atoms with E-state index in [4.69, 9.17) is 5.11 Å². The van der Waals surface area contributed by atoms with E-state index in [9.17, 15) is 14.0 Å². The van der Waals surface area contributed by atoms with Crippen molar-refractivity contribution in [3.63, 3.8) is 0 Å². The summed E-state index contributed by atoms with van der Waals surface area (Å²) in [6.07, 6.45) is 8.00. The van der Waals surface area contributed by atoms with Crippen LogP contribution in [0.25, 0.3) is 5.65 Å². The van der Waals surface area contributed by atoms with Crippen LogP contribution in [0.3, 0.4) is 0 Å². The highest BCUT2D eigenvalue weighted by atomic mass is 19.1. The van der Waals surface area contributed by atoms with Gasteiger partial charge in [0.05, 0.1) is 23.8 Å². The second-order valence-corrected chi connectivity index (χ2v) is 8.69. The molecule has 2 aliphatic carbocycles. The first kappa shape index (κ1) is 21.9. The third-order valence-corrected chi connectivity index (χ3v) is 6.06. The predicted molar refractivity (Wildman–Crippen MR) is 123 cm³/mol. The highest BCUT2D eigenvalue weighted by Crippen LogP contribution is 2.30. The van der Waals surface area contributed by atoms with E-state index in [1.165, 1.54) is 23.0 Å². The number of halogens is 1. The number of nitrogens with zero attached hydrogens (tertiary/aromatic N) is 4. The summed E-state index contributed by atoms with van der Waals surface area (Å²) in [7, 11) is 0. The maximum absolute atomic E-state index is 14.0. The molecule has 0 saturated heterocycles. The van der Waals surface area contributed by atoms with Crippen LogP contribution in [0.1, 0.15) is 49.0 Å². The summed E-state index contributed by atoms with van der Waals surface area (Å²) in [5.41, 5.74) is 1.46. The maximum Gasteiger partial charge on any atom is 0.404 e. The second kappa shape index (κ2) is 9.12. The first-order valence-electron chi connectivity index (χ1n) is 11.3. The van der Waals surface area contributed by atoms with E-state index in [1.54, 1.807) is 0 Å². The highest BCUT2D eigenvalue weighted by Gasteiger charge is 2.26. The molecule has 0 unspecified atom stereocenters. The standard InChI is InChI=1S/C22H25FN8O3/c23-15-10-24-8-7-16(15)29-21(32)18-11-25-20-17(26-12-1-2-12)9-19(30-31(18)20)27-13-3-5-14(6-4-13)28-22(33)34/h7-14,26,28H,1-6H2,(H,27,30)(H,33,34)(H,24,29,32). The fraction of sp³-hybridized carbons (Fsp3) is 0.409. The molecule has 2 saturated carbocycles. The van der Waals surface area contributed by atoms with Crippen LogP contribution in [0.15, 0.2) is 30.7 Å². The van der Waals surface area contributed by atoms with E-state index < -0.39 is 17.8 Å². The van der Waals surface area contributed by atoms with E-state index in [1.807, 2.05) is 6.07 Å². The van der Waals surface area contributed by atoms with Gasteiger partial charge in [-0.1, -0.05) is 0 Å².